The van der Waals surface area contributed by atoms with Crippen LogP contribution < -0.4 is 15.8 Å². The Balaban J connectivity index is 1.94. The number of carbonyl (C=O) groups excluding carboxylic acids is 1. The molecule has 5 nitrogen and oxygen atoms in total. The number of amides is 2. The summed E-state index contributed by atoms with van der Waals surface area (Å²) in [6.45, 7) is 3.58. The molecule has 5 heteroatoms. The number of anilines is 1. The maximum Gasteiger partial charge on any atom is 0.321 e. The Kier molecular flexibility index (Phi) is 4.84. The van der Waals surface area contributed by atoms with Crippen LogP contribution >= 0.6 is 0 Å². The summed E-state index contributed by atoms with van der Waals surface area (Å²) in [6, 6.07) is 7.49. The molecule has 3 N–H and O–H groups in total. The fourth-order valence-corrected chi connectivity index (χ4v) is 2.54. The lowest BCUT2D eigenvalue weighted by molar-refractivity contribution is 0.164. The number of nitrogens with one attached hydrogen (secondary N) is 1. The lowest BCUT2D eigenvalue weighted by Crippen LogP contribution is -2.50. The third-order valence-corrected chi connectivity index (χ3v) is 3.95. The summed E-state index contributed by atoms with van der Waals surface area (Å²) < 4.78 is 5.09. The molecule has 1 fully saturated rings. The predicted octanol–water partition coefficient (Wildman–Crippen LogP) is 2.29. The average molecular weight is 277 g/mol. The van der Waals surface area contributed by atoms with Crippen molar-refractivity contribution in [2.24, 2.45) is 11.7 Å². The second-order valence-corrected chi connectivity index (χ2v) is 5.23. The predicted molar refractivity (Wildman–Crippen MR) is 80.0 cm³/mol. The van der Waals surface area contributed by atoms with Crippen LogP contribution in [0.1, 0.15) is 19.8 Å². The van der Waals surface area contributed by atoms with Crippen molar-refractivity contribution in [3.63, 3.8) is 0 Å². The Morgan fingerprint density at radius 3 is 2.75 bits per heavy atom. The molecular weight excluding hydrogens is 254 g/mol. The summed E-state index contributed by atoms with van der Waals surface area (Å²) in [5.41, 5.74) is 6.84. The number of rotatable bonds is 3. The molecule has 1 aromatic carbocycles. The average Bonchev–Trinajstić information content (AvgIpc) is 2.48. The first-order chi connectivity index (χ1) is 9.63. The number of piperidine rings is 1. The number of hydrogen-bond acceptors (Lipinski definition) is 3. The second kappa shape index (κ2) is 6.61. The van der Waals surface area contributed by atoms with Crippen molar-refractivity contribution in [3.05, 3.63) is 24.3 Å². The van der Waals surface area contributed by atoms with E-state index in [0.717, 1.165) is 37.4 Å². The SMILES string of the molecule is CCC1CN(C(=O)Nc2ccc(OC)cc2)CCC1N. The molecule has 1 aromatic rings. The van der Waals surface area contributed by atoms with E-state index in [4.69, 9.17) is 10.5 Å². The van der Waals surface area contributed by atoms with Gasteiger partial charge in [-0.05, 0) is 36.6 Å². The highest BCUT2D eigenvalue weighted by atomic mass is 16.5. The van der Waals surface area contributed by atoms with Crippen molar-refractivity contribution in [2.45, 2.75) is 25.8 Å². The van der Waals surface area contributed by atoms with Crippen molar-refractivity contribution < 1.29 is 9.53 Å². The van der Waals surface area contributed by atoms with Crippen LogP contribution in [0.5, 0.6) is 5.75 Å². The highest BCUT2D eigenvalue weighted by Crippen LogP contribution is 2.20. The number of methoxy groups -OCH3 is 1. The Morgan fingerprint density at radius 2 is 2.15 bits per heavy atom. The number of carbonyl (C=O) groups is 1. The van der Waals surface area contributed by atoms with Crippen LogP contribution in [0.2, 0.25) is 0 Å². The van der Waals surface area contributed by atoms with Crippen LogP contribution in [0, 0.1) is 5.92 Å². The summed E-state index contributed by atoms with van der Waals surface area (Å²) in [7, 11) is 1.62. The van der Waals surface area contributed by atoms with Crippen molar-refractivity contribution in [3.8, 4) is 5.75 Å². The van der Waals surface area contributed by atoms with Gasteiger partial charge in [0.1, 0.15) is 5.75 Å². The maximum atomic E-state index is 12.2. The van der Waals surface area contributed by atoms with Crippen molar-refractivity contribution in [1.29, 1.82) is 0 Å². The molecule has 0 saturated carbocycles. The minimum Gasteiger partial charge on any atom is -0.497 e. The monoisotopic (exact) mass is 277 g/mol. The highest BCUT2D eigenvalue weighted by Gasteiger charge is 2.27. The van der Waals surface area contributed by atoms with Crippen LogP contribution in [-0.2, 0) is 0 Å². The first-order valence-electron chi connectivity index (χ1n) is 7.09. The Hall–Kier alpha value is -1.75. The van der Waals surface area contributed by atoms with E-state index in [1.165, 1.54) is 0 Å². The van der Waals surface area contributed by atoms with Crippen LogP contribution in [0.4, 0.5) is 10.5 Å². The van der Waals surface area contributed by atoms with Crippen molar-refractivity contribution in [1.82, 2.24) is 4.90 Å². The number of benzene rings is 1. The number of likely N-dealkylation sites (tertiary alicyclic amines) is 1. The van der Waals surface area contributed by atoms with E-state index in [-0.39, 0.29) is 12.1 Å². The molecule has 0 bridgehead atoms. The fourth-order valence-electron chi connectivity index (χ4n) is 2.54. The zero-order valence-corrected chi connectivity index (χ0v) is 12.1. The molecule has 2 rings (SSSR count). The van der Waals surface area contributed by atoms with Crippen LogP contribution in [0.15, 0.2) is 24.3 Å². The molecule has 20 heavy (non-hydrogen) atoms. The summed E-state index contributed by atoms with van der Waals surface area (Å²) >= 11 is 0. The lowest BCUT2D eigenvalue weighted by Gasteiger charge is -2.36. The first kappa shape index (κ1) is 14.7. The zero-order chi connectivity index (χ0) is 14.5. The summed E-state index contributed by atoms with van der Waals surface area (Å²) in [6.07, 6.45) is 1.88. The summed E-state index contributed by atoms with van der Waals surface area (Å²) in [4.78, 5) is 14.1. The van der Waals surface area contributed by atoms with Gasteiger partial charge in [0.05, 0.1) is 7.11 Å². The Labute approximate surface area is 120 Å². The van der Waals surface area contributed by atoms with E-state index < -0.39 is 0 Å². The molecule has 2 atom stereocenters. The van der Waals surface area contributed by atoms with Gasteiger partial charge in [-0.2, -0.15) is 0 Å². The van der Waals surface area contributed by atoms with Crippen LogP contribution in [-0.4, -0.2) is 37.2 Å². The van der Waals surface area contributed by atoms with E-state index in [1.54, 1.807) is 7.11 Å². The van der Waals surface area contributed by atoms with Gasteiger partial charge in [0.2, 0.25) is 0 Å². The third-order valence-electron chi connectivity index (χ3n) is 3.95. The molecule has 2 unspecified atom stereocenters. The maximum absolute atomic E-state index is 12.2. The number of ether oxygens (including phenoxy) is 1. The van der Waals surface area contributed by atoms with Gasteiger partial charge < -0.3 is 20.7 Å². The van der Waals surface area contributed by atoms with Gasteiger partial charge in [-0.1, -0.05) is 13.3 Å². The van der Waals surface area contributed by atoms with Gasteiger partial charge in [0.25, 0.3) is 0 Å². The van der Waals surface area contributed by atoms with E-state index in [0.29, 0.717) is 5.92 Å². The normalized spacial score (nSPS) is 22.4. The Bertz CT molecular complexity index is 447. The second-order valence-electron chi connectivity index (χ2n) is 5.23. The molecular formula is C15H23N3O2. The number of nitrogens with two attached hydrogens (primary N) is 1. The highest BCUT2D eigenvalue weighted by molar-refractivity contribution is 5.89. The third kappa shape index (κ3) is 3.42. The van der Waals surface area contributed by atoms with E-state index >= 15 is 0 Å². The van der Waals surface area contributed by atoms with Gasteiger partial charge in [-0.3, -0.25) is 0 Å². The van der Waals surface area contributed by atoms with Gasteiger partial charge >= 0.3 is 6.03 Å². The molecule has 2 amide bonds. The van der Waals surface area contributed by atoms with Crippen LogP contribution in [0.3, 0.4) is 0 Å². The summed E-state index contributed by atoms with van der Waals surface area (Å²) in [5, 5.41) is 2.91. The molecule has 1 aliphatic rings. The minimum absolute atomic E-state index is 0.0551. The molecule has 110 valence electrons. The molecule has 0 aromatic heterocycles. The topological polar surface area (TPSA) is 67.6 Å². The molecule has 1 heterocycles. The standard InChI is InChI=1S/C15H23N3O2/c1-3-11-10-18(9-8-14(11)16)15(19)17-12-4-6-13(20-2)7-5-12/h4-7,11,14H,3,8-10,16H2,1-2H3,(H,17,19). The quantitative estimate of drug-likeness (QED) is 0.890. The number of nitrogens with zero attached hydrogens (tertiary/aromatic N) is 1. The molecule has 0 spiro atoms. The van der Waals surface area contributed by atoms with Gasteiger partial charge in [-0.25, -0.2) is 4.79 Å². The van der Waals surface area contributed by atoms with Crippen molar-refractivity contribution >= 4 is 11.7 Å². The van der Waals surface area contributed by atoms with Gasteiger partial charge in [-0.15, -0.1) is 0 Å². The molecule has 0 aliphatic carbocycles. The van der Waals surface area contributed by atoms with Crippen LogP contribution in [0.25, 0.3) is 0 Å². The molecule has 0 radical (unpaired) electrons. The van der Waals surface area contributed by atoms with E-state index in [1.807, 2.05) is 29.2 Å². The zero-order valence-electron chi connectivity index (χ0n) is 12.1. The molecule has 1 saturated heterocycles. The van der Waals surface area contributed by atoms with Gasteiger partial charge in [0, 0.05) is 24.8 Å². The van der Waals surface area contributed by atoms with E-state index in [2.05, 4.69) is 12.2 Å². The minimum atomic E-state index is -0.0551. The van der Waals surface area contributed by atoms with E-state index in [9.17, 15) is 4.79 Å². The summed E-state index contributed by atoms with van der Waals surface area (Å²) in [5.74, 6) is 1.17. The van der Waals surface area contributed by atoms with Crippen molar-refractivity contribution in [2.75, 3.05) is 25.5 Å². The Morgan fingerprint density at radius 1 is 1.45 bits per heavy atom. The molecule has 1 aliphatic heterocycles. The largest absolute Gasteiger partial charge is 0.497 e. The number of hydrogen-bond donors (Lipinski definition) is 2. The first-order valence-corrected chi connectivity index (χ1v) is 7.09. The fraction of sp³-hybridized carbons (Fsp3) is 0.533. The number of urea groups is 1. The smallest absolute Gasteiger partial charge is 0.321 e. The lowest BCUT2D eigenvalue weighted by atomic mass is 9.91. The van der Waals surface area contributed by atoms with Gasteiger partial charge in [0.15, 0.2) is 0 Å².